The number of halogens is 1. The number of ether oxygens (including phenoxy) is 2. The van der Waals surface area contributed by atoms with Crippen molar-refractivity contribution in [3.63, 3.8) is 0 Å². The molecule has 0 radical (unpaired) electrons. The van der Waals surface area contributed by atoms with Crippen molar-refractivity contribution >= 4 is 11.9 Å². The van der Waals surface area contributed by atoms with E-state index < -0.39 is 24.3 Å². The van der Waals surface area contributed by atoms with E-state index in [1.165, 1.54) is 12.1 Å². The Kier molecular flexibility index (Phi) is 6.36. The summed E-state index contributed by atoms with van der Waals surface area (Å²) >= 11 is 0. The second-order valence-electron chi connectivity index (χ2n) is 5.89. The lowest BCUT2D eigenvalue weighted by Crippen LogP contribution is -2.28. The van der Waals surface area contributed by atoms with E-state index >= 15 is 0 Å². The van der Waals surface area contributed by atoms with Crippen LogP contribution in [0.3, 0.4) is 0 Å². The fourth-order valence-electron chi connectivity index (χ4n) is 2.41. The molecule has 5 nitrogen and oxygen atoms in total. The summed E-state index contributed by atoms with van der Waals surface area (Å²) in [7, 11) is 0. The normalized spacial score (nSPS) is 10.2. The van der Waals surface area contributed by atoms with E-state index in [1.807, 2.05) is 18.2 Å². The molecule has 3 aromatic carbocycles. The number of para-hydroxylation sites is 1. The zero-order chi connectivity index (χ0) is 19.8. The number of amides is 1. The molecule has 0 heterocycles. The van der Waals surface area contributed by atoms with Gasteiger partial charge in [-0.1, -0.05) is 42.5 Å². The number of esters is 1. The third-order valence-corrected chi connectivity index (χ3v) is 3.82. The highest BCUT2D eigenvalue weighted by molar-refractivity contribution is 5.91. The molecule has 0 bridgehead atoms. The molecule has 6 heteroatoms. The summed E-state index contributed by atoms with van der Waals surface area (Å²) in [5.41, 5.74) is 0.614. The van der Waals surface area contributed by atoms with Crippen LogP contribution < -0.4 is 10.1 Å². The lowest BCUT2D eigenvalue weighted by Gasteiger charge is -2.09. The van der Waals surface area contributed by atoms with E-state index in [0.717, 1.165) is 0 Å². The molecule has 0 saturated heterocycles. The van der Waals surface area contributed by atoms with Crippen molar-refractivity contribution in [3.05, 3.63) is 95.8 Å². The maximum absolute atomic E-state index is 13.5. The molecule has 0 aromatic heterocycles. The van der Waals surface area contributed by atoms with E-state index in [1.54, 1.807) is 48.5 Å². The van der Waals surface area contributed by atoms with Gasteiger partial charge in [-0.2, -0.15) is 0 Å². The van der Waals surface area contributed by atoms with Crippen molar-refractivity contribution in [3.8, 4) is 11.5 Å². The third-order valence-electron chi connectivity index (χ3n) is 3.82. The highest BCUT2D eigenvalue weighted by atomic mass is 19.1. The number of carbonyl (C=O) groups excluding carboxylic acids is 2. The molecule has 0 aliphatic carbocycles. The Hall–Kier alpha value is -3.67. The van der Waals surface area contributed by atoms with Crippen molar-refractivity contribution in [1.29, 1.82) is 0 Å². The quantitative estimate of drug-likeness (QED) is 0.628. The van der Waals surface area contributed by atoms with Gasteiger partial charge in [-0.05, 0) is 36.4 Å². The van der Waals surface area contributed by atoms with Gasteiger partial charge in [0, 0.05) is 12.1 Å². The highest BCUT2D eigenvalue weighted by Gasteiger charge is 2.12. The smallest absolute Gasteiger partial charge is 0.338 e. The Bertz CT molecular complexity index is 960. The van der Waals surface area contributed by atoms with Crippen molar-refractivity contribution in [2.75, 3.05) is 6.61 Å². The van der Waals surface area contributed by atoms with Crippen LogP contribution in [0.4, 0.5) is 4.39 Å². The van der Waals surface area contributed by atoms with Crippen LogP contribution in [0.1, 0.15) is 15.9 Å². The molecule has 3 aromatic rings. The molecule has 3 rings (SSSR count). The summed E-state index contributed by atoms with van der Waals surface area (Å²) in [6.07, 6.45) is 0. The van der Waals surface area contributed by atoms with E-state index in [-0.39, 0.29) is 12.1 Å². The molecule has 0 aliphatic rings. The maximum atomic E-state index is 13.5. The zero-order valence-electron chi connectivity index (χ0n) is 14.9. The fraction of sp³-hybridized carbons (Fsp3) is 0.0909. The average molecular weight is 379 g/mol. The van der Waals surface area contributed by atoms with Crippen LogP contribution in [0.2, 0.25) is 0 Å². The van der Waals surface area contributed by atoms with Gasteiger partial charge in [0.15, 0.2) is 6.61 Å². The SMILES string of the molecule is O=C(COC(=O)c1cccc(Oc2ccccc2)c1)NCc1ccccc1F. The van der Waals surface area contributed by atoms with Crippen LogP contribution in [-0.2, 0) is 16.1 Å². The summed E-state index contributed by atoms with van der Waals surface area (Å²) < 4.78 is 24.2. The van der Waals surface area contributed by atoms with Gasteiger partial charge in [0.05, 0.1) is 5.56 Å². The molecule has 0 unspecified atom stereocenters. The first-order valence-electron chi connectivity index (χ1n) is 8.62. The molecule has 0 saturated carbocycles. The van der Waals surface area contributed by atoms with Crippen LogP contribution in [0.15, 0.2) is 78.9 Å². The fourth-order valence-corrected chi connectivity index (χ4v) is 2.41. The molecule has 0 spiro atoms. The summed E-state index contributed by atoms with van der Waals surface area (Å²) in [5, 5.41) is 2.51. The molecular formula is C22H18FNO4. The predicted octanol–water partition coefficient (Wildman–Crippen LogP) is 4.09. The van der Waals surface area contributed by atoms with Gasteiger partial charge in [-0.15, -0.1) is 0 Å². The van der Waals surface area contributed by atoms with E-state index in [4.69, 9.17) is 9.47 Å². The molecule has 1 amide bonds. The zero-order valence-corrected chi connectivity index (χ0v) is 14.9. The minimum absolute atomic E-state index is 0.0173. The van der Waals surface area contributed by atoms with Gasteiger partial charge in [-0.25, -0.2) is 9.18 Å². The van der Waals surface area contributed by atoms with Gasteiger partial charge in [0.25, 0.3) is 5.91 Å². The second-order valence-corrected chi connectivity index (χ2v) is 5.89. The third kappa shape index (κ3) is 5.41. The number of nitrogens with one attached hydrogen (secondary N) is 1. The molecule has 0 atom stereocenters. The van der Waals surface area contributed by atoms with E-state index in [9.17, 15) is 14.0 Å². The first-order chi connectivity index (χ1) is 13.6. The van der Waals surface area contributed by atoms with Crippen LogP contribution in [0.5, 0.6) is 11.5 Å². The Balaban J connectivity index is 1.51. The van der Waals surface area contributed by atoms with Crippen molar-refractivity contribution in [2.24, 2.45) is 0 Å². The Morgan fingerprint density at radius 3 is 2.36 bits per heavy atom. The van der Waals surface area contributed by atoms with Crippen molar-refractivity contribution in [2.45, 2.75) is 6.54 Å². The Labute approximate surface area is 161 Å². The Morgan fingerprint density at radius 2 is 1.57 bits per heavy atom. The first kappa shape index (κ1) is 19.1. The molecule has 28 heavy (non-hydrogen) atoms. The van der Waals surface area contributed by atoms with Crippen LogP contribution in [0, 0.1) is 5.82 Å². The van der Waals surface area contributed by atoms with Gasteiger partial charge >= 0.3 is 5.97 Å². The summed E-state index contributed by atoms with van der Waals surface area (Å²) in [6, 6.07) is 21.7. The van der Waals surface area contributed by atoms with Gasteiger partial charge < -0.3 is 14.8 Å². The number of rotatable bonds is 7. The van der Waals surface area contributed by atoms with E-state index in [0.29, 0.717) is 17.1 Å². The van der Waals surface area contributed by atoms with Crippen LogP contribution in [-0.4, -0.2) is 18.5 Å². The monoisotopic (exact) mass is 379 g/mol. The largest absolute Gasteiger partial charge is 0.457 e. The molecule has 1 N–H and O–H groups in total. The van der Waals surface area contributed by atoms with Gasteiger partial charge in [-0.3, -0.25) is 4.79 Å². The number of hydrogen-bond acceptors (Lipinski definition) is 4. The van der Waals surface area contributed by atoms with Crippen molar-refractivity contribution < 1.29 is 23.5 Å². The summed E-state index contributed by atoms with van der Waals surface area (Å²) in [4.78, 5) is 24.0. The molecule has 0 aliphatic heterocycles. The predicted molar refractivity (Wildman–Crippen MR) is 101 cm³/mol. The first-order valence-corrected chi connectivity index (χ1v) is 8.62. The lowest BCUT2D eigenvalue weighted by molar-refractivity contribution is -0.124. The second kappa shape index (κ2) is 9.32. The highest BCUT2D eigenvalue weighted by Crippen LogP contribution is 2.22. The minimum Gasteiger partial charge on any atom is -0.457 e. The summed E-state index contributed by atoms with van der Waals surface area (Å²) in [6.45, 7) is -0.444. The molecule has 142 valence electrons. The lowest BCUT2D eigenvalue weighted by atomic mass is 10.2. The topological polar surface area (TPSA) is 64.6 Å². The van der Waals surface area contributed by atoms with Crippen LogP contribution >= 0.6 is 0 Å². The summed E-state index contributed by atoms with van der Waals surface area (Å²) in [5.74, 6) is -0.465. The van der Waals surface area contributed by atoms with Gasteiger partial charge in [0.2, 0.25) is 0 Å². The molecular weight excluding hydrogens is 361 g/mol. The number of benzene rings is 3. The minimum atomic E-state index is -0.653. The Morgan fingerprint density at radius 1 is 0.857 bits per heavy atom. The molecule has 0 fully saturated rings. The number of hydrogen-bond donors (Lipinski definition) is 1. The van der Waals surface area contributed by atoms with Crippen LogP contribution in [0.25, 0.3) is 0 Å². The average Bonchev–Trinajstić information content (AvgIpc) is 2.72. The standard InChI is InChI=1S/C22H18FNO4/c23-20-12-5-4-7-17(20)14-24-21(25)15-27-22(26)16-8-6-11-19(13-16)28-18-9-2-1-3-10-18/h1-13H,14-15H2,(H,24,25). The van der Waals surface area contributed by atoms with E-state index in [2.05, 4.69) is 5.32 Å². The van der Waals surface area contributed by atoms with Gasteiger partial charge in [0.1, 0.15) is 17.3 Å². The number of carbonyl (C=O) groups is 2. The maximum Gasteiger partial charge on any atom is 0.338 e. The van der Waals surface area contributed by atoms with Crippen molar-refractivity contribution in [1.82, 2.24) is 5.32 Å².